The second kappa shape index (κ2) is 7.45. The van der Waals surface area contributed by atoms with E-state index in [1.165, 1.54) is 0 Å². The van der Waals surface area contributed by atoms with Crippen LogP contribution in [-0.4, -0.2) is 111 Å². The molecule has 22 heavy (non-hydrogen) atoms. The van der Waals surface area contributed by atoms with Crippen molar-refractivity contribution >= 4 is 0 Å². The number of hydrogen-bond acceptors (Lipinski definition) is 10. The molecule has 0 bridgehead atoms. The molecule has 0 unspecified atom stereocenters. The summed E-state index contributed by atoms with van der Waals surface area (Å²) >= 11 is 0. The van der Waals surface area contributed by atoms with Crippen LogP contribution in [0, 0.1) is 0 Å². The molecule has 9 atom stereocenters. The van der Waals surface area contributed by atoms with Gasteiger partial charge in [-0.1, -0.05) is 0 Å². The molecular formula is C12H23NO9. The third-order valence-corrected chi connectivity index (χ3v) is 3.98. The van der Waals surface area contributed by atoms with Crippen molar-refractivity contribution in [2.45, 2.75) is 55.1 Å². The number of rotatable bonds is 3. The summed E-state index contributed by atoms with van der Waals surface area (Å²) in [6.07, 6.45) is -12.4. The third-order valence-electron chi connectivity index (χ3n) is 3.98. The standard InChI is InChI=1S/C12H23NO9/c14-3-6-9(18)10(19)11(20)12(22-6)21-5-2-13-1-4(15)7(16)8(5)17/h4-20H,1-3H2/t4-,5+,6+,7+,8-,9+,10-,11+,12-/m0/s1. The van der Waals surface area contributed by atoms with Gasteiger partial charge in [-0.2, -0.15) is 0 Å². The molecule has 0 spiro atoms. The zero-order valence-electron chi connectivity index (χ0n) is 11.8. The van der Waals surface area contributed by atoms with Crippen LogP contribution in [0.2, 0.25) is 0 Å². The summed E-state index contributed by atoms with van der Waals surface area (Å²) in [4.78, 5) is 0. The van der Waals surface area contributed by atoms with E-state index in [1.54, 1.807) is 0 Å². The molecule has 0 aromatic rings. The molecule has 130 valence electrons. The van der Waals surface area contributed by atoms with Gasteiger partial charge in [0.2, 0.25) is 0 Å². The minimum atomic E-state index is -1.60. The smallest absolute Gasteiger partial charge is 0.187 e. The predicted octanol–water partition coefficient (Wildman–Crippen LogP) is -5.14. The largest absolute Gasteiger partial charge is 0.394 e. The molecule has 10 nitrogen and oxygen atoms in total. The summed E-state index contributed by atoms with van der Waals surface area (Å²) in [6.45, 7) is -0.491. The fourth-order valence-corrected chi connectivity index (χ4v) is 2.54. The van der Waals surface area contributed by atoms with Gasteiger partial charge in [-0.05, 0) is 0 Å². The molecule has 2 aliphatic heterocycles. The second-order valence-electron chi connectivity index (χ2n) is 5.58. The van der Waals surface area contributed by atoms with E-state index >= 15 is 0 Å². The maximum absolute atomic E-state index is 9.97. The van der Waals surface area contributed by atoms with Crippen LogP contribution in [0.4, 0.5) is 0 Å². The highest BCUT2D eigenvalue weighted by Crippen LogP contribution is 2.24. The Labute approximate surface area is 126 Å². The SMILES string of the molecule is OC[C@H]1O[C@H](O[C@@H]2CNC[C@H](O)[C@@H](O)[C@H]2O)[C@H](O)[C@@H](O)[C@@H]1O. The molecular weight excluding hydrogens is 302 g/mol. The Morgan fingerprint density at radius 3 is 2.18 bits per heavy atom. The van der Waals surface area contributed by atoms with E-state index in [-0.39, 0.29) is 13.1 Å². The van der Waals surface area contributed by atoms with Crippen LogP contribution in [-0.2, 0) is 9.47 Å². The molecule has 0 amide bonds. The Bertz CT molecular complexity index is 357. The van der Waals surface area contributed by atoms with Crippen LogP contribution in [0.3, 0.4) is 0 Å². The second-order valence-corrected chi connectivity index (χ2v) is 5.58. The Morgan fingerprint density at radius 1 is 0.864 bits per heavy atom. The lowest BCUT2D eigenvalue weighted by Crippen LogP contribution is -2.60. The van der Waals surface area contributed by atoms with E-state index in [2.05, 4.69) is 5.32 Å². The van der Waals surface area contributed by atoms with Crippen LogP contribution in [0.5, 0.6) is 0 Å². The predicted molar refractivity (Wildman–Crippen MR) is 69.5 cm³/mol. The van der Waals surface area contributed by atoms with Crippen molar-refractivity contribution in [2.24, 2.45) is 0 Å². The summed E-state index contributed by atoms with van der Waals surface area (Å²) in [7, 11) is 0. The molecule has 0 radical (unpaired) electrons. The van der Waals surface area contributed by atoms with Crippen molar-refractivity contribution in [2.75, 3.05) is 19.7 Å². The van der Waals surface area contributed by atoms with Gasteiger partial charge in [0, 0.05) is 13.1 Å². The lowest BCUT2D eigenvalue weighted by molar-refractivity contribution is -0.318. The quantitative estimate of drug-likeness (QED) is 0.251. The molecule has 2 aliphatic rings. The maximum atomic E-state index is 9.97. The molecule has 2 heterocycles. The van der Waals surface area contributed by atoms with E-state index in [1.807, 2.05) is 0 Å². The van der Waals surface area contributed by atoms with Crippen molar-refractivity contribution < 1.29 is 45.2 Å². The molecule has 2 saturated heterocycles. The van der Waals surface area contributed by atoms with E-state index in [9.17, 15) is 30.6 Å². The van der Waals surface area contributed by atoms with Gasteiger partial charge >= 0.3 is 0 Å². The molecule has 2 fully saturated rings. The van der Waals surface area contributed by atoms with Gasteiger partial charge in [-0.3, -0.25) is 0 Å². The van der Waals surface area contributed by atoms with Crippen molar-refractivity contribution in [1.29, 1.82) is 0 Å². The normalized spacial score (nSPS) is 50.6. The first kappa shape index (κ1) is 17.9. The van der Waals surface area contributed by atoms with Crippen LogP contribution in [0.1, 0.15) is 0 Å². The molecule has 0 aromatic heterocycles. The monoisotopic (exact) mass is 325 g/mol. The Kier molecular flexibility index (Phi) is 6.07. The number of aliphatic hydroxyl groups is 7. The van der Waals surface area contributed by atoms with Crippen molar-refractivity contribution in [3.05, 3.63) is 0 Å². The number of ether oxygens (including phenoxy) is 2. The average Bonchev–Trinajstić information content (AvgIpc) is 2.62. The van der Waals surface area contributed by atoms with Gasteiger partial charge in [0.15, 0.2) is 6.29 Å². The van der Waals surface area contributed by atoms with E-state index in [0.717, 1.165) is 0 Å². The summed E-state index contributed by atoms with van der Waals surface area (Å²) in [5, 5.41) is 70.3. The minimum Gasteiger partial charge on any atom is -0.394 e. The summed E-state index contributed by atoms with van der Waals surface area (Å²) < 4.78 is 10.5. The number of aliphatic hydroxyl groups excluding tert-OH is 7. The fourth-order valence-electron chi connectivity index (χ4n) is 2.54. The molecule has 0 aliphatic carbocycles. The average molecular weight is 325 g/mol. The topological polar surface area (TPSA) is 172 Å². The highest BCUT2D eigenvalue weighted by Gasteiger charge is 2.46. The molecule has 0 saturated carbocycles. The maximum Gasteiger partial charge on any atom is 0.187 e. The fraction of sp³-hybridized carbons (Fsp3) is 1.00. The van der Waals surface area contributed by atoms with Gasteiger partial charge in [0.1, 0.15) is 42.7 Å². The lowest BCUT2D eigenvalue weighted by Gasteiger charge is -2.41. The van der Waals surface area contributed by atoms with E-state index in [0.29, 0.717) is 0 Å². The number of β-amino-alcohol motifs (C(OH)–C–C–N with tert-alkyl or cyclic N) is 1. The first-order valence-corrected chi connectivity index (χ1v) is 7.07. The van der Waals surface area contributed by atoms with Crippen molar-refractivity contribution in [3.63, 3.8) is 0 Å². The third kappa shape index (κ3) is 3.57. The highest BCUT2D eigenvalue weighted by atomic mass is 16.7. The first-order valence-electron chi connectivity index (χ1n) is 7.07. The van der Waals surface area contributed by atoms with Gasteiger partial charge < -0.3 is 50.5 Å². The molecule has 0 aromatic carbocycles. The zero-order chi connectivity index (χ0) is 16.4. The summed E-state index contributed by atoms with van der Waals surface area (Å²) in [5.74, 6) is 0. The van der Waals surface area contributed by atoms with Gasteiger partial charge in [0.25, 0.3) is 0 Å². The Morgan fingerprint density at radius 2 is 1.55 bits per heavy atom. The van der Waals surface area contributed by atoms with Gasteiger partial charge in [0.05, 0.1) is 12.7 Å². The molecule has 2 rings (SSSR count). The van der Waals surface area contributed by atoms with Crippen LogP contribution >= 0.6 is 0 Å². The zero-order valence-corrected chi connectivity index (χ0v) is 11.8. The van der Waals surface area contributed by atoms with E-state index < -0.39 is 61.7 Å². The van der Waals surface area contributed by atoms with Crippen LogP contribution in [0.15, 0.2) is 0 Å². The van der Waals surface area contributed by atoms with Crippen molar-refractivity contribution in [1.82, 2.24) is 5.32 Å². The summed E-state index contributed by atoms with van der Waals surface area (Å²) in [6, 6.07) is 0. The number of hydrogen-bond donors (Lipinski definition) is 8. The van der Waals surface area contributed by atoms with Crippen molar-refractivity contribution in [3.8, 4) is 0 Å². The highest BCUT2D eigenvalue weighted by molar-refractivity contribution is 4.92. The molecule has 10 heteroatoms. The van der Waals surface area contributed by atoms with Crippen LogP contribution < -0.4 is 5.32 Å². The molecule has 8 N–H and O–H groups in total. The Balaban J connectivity index is 2.04. The lowest BCUT2D eigenvalue weighted by atomic mass is 9.99. The summed E-state index contributed by atoms with van der Waals surface area (Å²) in [5.41, 5.74) is 0. The Hall–Kier alpha value is -0.400. The van der Waals surface area contributed by atoms with E-state index in [4.69, 9.17) is 14.6 Å². The number of nitrogens with one attached hydrogen (secondary N) is 1. The van der Waals surface area contributed by atoms with Gasteiger partial charge in [-0.15, -0.1) is 0 Å². The van der Waals surface area contributed by atoms with Crippen LogP contribution in [0.25, 0.3) is 0 Å². The minimum absolute atomic E-state index is 0.0484. The first-order chi connectivity index (χ1) is 10.4. The van der Waals surface area contributed by atoms with Gasteiger partial charge in [-0.25, -0.2) is 0 Å².